The van der Waals surface area contributed by atoms with E-state index in [0.29, 0.717) is 23.6 Å². The molecule has 0 atom stereocenters. The molecule has 5 nitrogen and oxygen atoms in total. The number of carbonyl (C=O) groups excluding carboxylic acids is 1. The molecular weight excluding hydrogens is 220 g/mol. The first-order valence-corrected chi connectivity index (χ1v) is 5.28. The van der Waals surface area contributed by atoms with Gasteiger partial charge in [0.25, 0.3) is 5.91 Å². The first-order valence-electron chi connectivity index (χ1n) is 4.03. The fourth-order valence-corrected chi connectivity index (χ4v) is 1.40. The molecule has 1 aromatic rings. The quantitative estimate of drug-likeness (QED) is 0.563. The minimum atomic E-state index is -0.207. The van der Waals surface area contributed by atoms with Gasteiger partial charge in [-0.1, -0.05) is 16.7 Å². The van der Waals surface area contributed by atoms with Crippen LogP contribution in [0.25, 0.3) is 0 Å². The number of carbonyl (C=O) groups is 1. The predicted molar refractivity (Wildman–Crippen MR) is 58.3 cm³/mol. The maximum Gasteiger partial charge on any atom is 0.272 e. The molecule has 3 N–H and O–H groups in total. The summed E-state index contributed by atoms with van der Waals surface area (Å²) < 4.78 is 3.59. The number of amides is 1. The van der Waals surface area contributed by atoms with Crippen molar-refractivity contribution in [2.75, 3.05) is 6.54 Å². The van der Waals surface area contributed by atoms with Crippen LogP contribution < -0.4 is 11.1 Å². The van der Waals surface area contributed by atoms with Crippen molar-refractivity contribution < 1.29 is 4.79 Å². The van der Waals surface area contributed by atoms with Crippen LogP contribution in [0.5, 0.6) is 0 Å². The van der Waals surface area contributed by atoms with Crippen LogP contribution in [0.1, 0.15) is 23.3 Å². The van der Waals surface area contributed by atoms with E-state index < -0.39 is 0 Å². The second-order valence-electron chi connectivity index (χ2n) is 2.62. The third-order valence-corrected chi connectivity index (χ3v) is 2.19. The van der Waals surface area contributed by atoms with Crippen LogP contribution in [-0.2, 0) is 0 Å². The molecule has 0 aliphatic carbocycles. The van der Waals surface area contributed by atoms with Crippen molar-refractivity contribution in [3.63, 3.8) is 0 Å². The first kappa shape index (κ1) is 11.0. The van der Waals surface area contributed by atoms with Crippen molar-refractivity contribution >= 4 is 34.6 Å². The van der Waals surface area contributed by atoms with Gasteiger partial charge in [0.05, 0.1) is 4.99 Å². The Kier molecular flexibility index (Phi) is 4.41. The third-order valence-electron chi connectivity index (χ3n) is 1.48. The highest BCUT2D eigenvalue weighted by atomic mass is 32.1. The summed E-state index contributed by atoms with van der Waals surface area (Å²) in [6, 6.07) is 0. The normalized spacial score (nSPS) is 9.71. The average Bonchev–Trinajstić information content (AvgIpc) is 2.64. The van der Waals surface area contributed by atoms with E-state index in [-0.39, 0.29) is 5.91 Å². The number of thiocarbonyl (C=S) groups is 1. The van der Waals surface area contributed by atoms with E-state index in [1.54, 1.807) is 5.38 Å². The van der Waals surface area contributed by atoms with E-state index >= 15 is 0 Å². The zero-order valence-electron chi connectivity index (χ0n) is 7.40. The molecule has 14 heavy (non-hydrogen) atoms. The summed E-state index contributed by atoms with van der Waals surface area (Å²) in [6.07, 6.45) is 1.39. The smallest absolute Gasteiger partial charge is 0.272 e. The van der Waals surface area contributed by atoms with Crippen LogP contribution in [0.4, 0.5) is 0 Å². The zero-order valence-corrected chi connectivity index (χ0v) is 9.03. The summed E-state index contributed by atoms with van der Waals surface area (Å²) in [4.78, 5) is 11.7. The van der Waals surface area contributed by atoms with Gasteiger partial charge in [-0.3, -0.25) is 4.79 Å². The van der Waals surface area contributed by atoms with Gasteiger partial charge in [0.1, 0.15) is 0 Å². The van der Waals surface area contributed by atoms with E-state index in [1.807, 2.05) is 0 Å². The van der Waals surface area contributed by atoms with E-state index in [9.17, 15) is 4.79 Å². The summed E-state index contributed by atoms with van der Waals surface area (Å²) in [5.74, 6) is -0.207. The third kappa shape index (κ3) is 3.75. The van der Waals surface area contributed by atoms with Crippen molar-refractivity contribution in [3.05, 3.63) is 11.1 Å². The van der Waals surface area contributed by atoms with E-state index in [1.165, 1.54) is 0 Å². The van der Waals surface area contributed by atoms with Gasteiger partial charge in [-0.25, -0.2) is 0 Å². The monoisotopic (exact) mass is 230 g/mol. The lowest BCUT2D eigenvalue weighted by molar-refractivity contribution is 0.0948. The Hall–Kier alpha value is -1.08. The van der Waals surface area contributed by atoms with Gasteiger partial charge in [0.2, 0.25) is 0 Å². The number of hydrogen-bond acceptors (Lipinski definition) is 5. The largest absolute Gasteiger partial charge is 0.393 e. The lowest BCUT2D eigenvalue weighted by Crippen LogP contribution is -2.25. The van der Waals surface area contributed by atoms with Gasteiger partial charge in [0.15, 0.2) is 5.69 Å². The van der Waals surface area contributed by atoms with Crippen molar-refractivity contribution in [2.24, 2.45) is 5.73 Å². The molecule has 1 rings (SSSR count). The topological polar surface area (TPSA) is 80.9 Å². The van der Waals surface area contributed by atoms with Gasteiger partial charge in [-0.2, -0.15) is 0 Å². The molecule has 0 fully saturated rings. The zero-order chi connectivity index (χ0) is 10.4. The standard InChI is InChI=1S/C7H10N4OS2/c8-6(13)2-1-3-9-7(12)5-4-14-11-10-5/h4H,1-3H2,(H2,8,13)(H,9,12). The Morgan fingerprint density at radius 2 is 2.50 bits per heavy atom. The van der Waals surface area contributed by atoms with Crippen LogP contribution in [0.2, 0.25) is 0 Å². The van der Waals surface area contributed by atoms with Crippen LogP contribution in [0.3, 0.4) is 0 Å². The minimum Gasteiger partial charge on any atom is -0.393 e. The summed E-state index contributed by atoms with van der Waals surface area (Å²) >= 11 is 5.85. The molecule has 0 spiro atoms. The second-order valence-corrected chi connectivity index (χ2v) is 3.75. The lowest BCUT2D eigenvalue weighted by Gasteiger charge is -2.01. The molecule has 7 heteroatoms. The number of nitrogens with two attached hydrogens (primary N) is 1. The molecule has 1 amide bonds. The summed E-state index contributed by atoms with van der Waals surface area (Å²) in [5, 5.41) is 7.93. The second kappa shape index (κ2) is 5.61. The van der Waals surface area contributed by atoms with E-state index in [0.717, 1.165) is 18.0 Å². The molecule has 0 aliphatic heterocycles. The molecular formula is C7H10N4OS2. The summed E-state index contributed by atoms with van der Waals surface area (Å²) in [7, 11) is 0. The Bertz CT molecular complexity index is 311. The Balaban J connectivity index is 2.19. The maximum atomic E-state index is 11.3. The van der Waals surface area contributed by atoms with Gasteiger partial charge in [-0.15, -0.1) is 5.10 Å². The number of hydrogen-bond donors (Lipinski definition) is 2. The van der Waals surface area contributed by atoms with Crippen LogP contribution in [0, 0.1) is 0 Å². The maximum absolute atomic E-state index is 11.3. The van der Waals surface area contributed by atoms with Gasteiger partial charge >= 0.3 is 0 Å². The van der Waals surface area contributed by atoms with Crippen LogP contribution in [0.15, 0.2) is 5.38 Å². The molecule has 1 aromatic heterocycles. The molecule has 1 heterocycles. The molecule has 0 unspecified atom stereocenters. The van der Waals surface area contributed by atoms with Gasteiger partial charge < -0.3 is 11.1 Å². The molecule has 0 aromatic carbocycles. The van der Waals surface area contributed by atoms with E-state index in [2.05, 4.69) is 14.9 Å². The fraction of sp³-hybridized carbons (Fsp3) is 0.429. The van der Waals surface area contributed by atoms with Crippen molar-refractivity contribution in [1.29, 1.82) is 0 Å². The predicted octanol–water partition coefficient (Wildman–Crippen LogP) is 0.334. The van der Waals surface area contributed by atoms with Crippen molar-refractivity contribution in [3.8, 4) is 0 Å². The highest BCUT2D eigenvalue weighted by Crippen LogP contribution is 1.96. The lowest BCUT2D eigenvalue weighted by atomic mass is 10.3. The van der Waals surface area contributed by atoms with Crippen LogP contribution >= 0.6 is 23.8 Å². The number of rotatable bonds is 5. The average molecular weight is 230 g/mol. The summed E-state index contributed by atoms with van der Waals surface area (Å²) in [5.41, 5.74) is 5.65. The minimum absolute atomic E-state index is 0.207. The van der Waals surface area contributed by atoms with Gasteiger partial charge in [0, 0.05) is 11.9 Å². The highest BCUT2D eigenvalue weighted by Gasteiger charge is 2.06. The Morgan fingerprint density at radius 3 is 3.07 bits per heavy atom. The summed E-state index contributed by atoms with van der Waals surface area (Å²) in [6.45, 7) is 0.549. The van der Waals surface area contributed by atoms with Crippen molar-refractivity contribution in [1.82, 2.24) is 14.9 Å². The van der Waals surface area contributed by atoms with Crippen molar-refractivity contribution in [2.45, 2.75) is 12.8 Å². The number of nitrogens with zero attached hydrogens (tertiary/aromatic N) is 2. The molecule has 76 valence electrons. The number of aromatic nitrogens is 2. The molecule has 0 saturated carbocycles. The Labute approximate surface area is 90.9 Å². The van der Waals surface area contributed by atoms with Gasteiger partial charge in [-0.05, 0) is 24.4 Å². The highest BCUT2D eigenvalue weighted by molar-refractivity contribution is 7.80. The SMILES string of the molecule is NC(=S)CCCNC(=O)c1csnn1. The molecule has 0 radical (unpaired) electrons. The van der Waals surface area contributed by atoms with Crippen LogP contribution in [-0.4, -0.2) is 27.0 Å². The Morgan fingerprint density at radius 1 is 1.71 bits per heavy atom. The fourth-order valence-electron chi connectivity index (χ4n) is 0.819. The number of nitrogens with one attached hydrogen (secondary N) is 1. The molecule has 0 aliphatic rings. The molecule has 0 saturated heterocycles. The van der Waals surface area contributed by atoms with E-state index in [4.69, 9.17) is 18.0 Å². The first-order chi connectivity index (χ1) is 6.70. The molecule has 0 bridgehead atoms.